The van der Waals surface area contributed by atoms with Gasteiger partial charge in [0.15, 0.2) is 0 Å². The molecule has 2 aliphatic rings. The van der Waals surface area contributed by atoms with Crippen molar-refractivity contribution in [2.75, 3.05) is 4.90 Å². The minimum Gasteiger partial charge on any atom is -0.323 e. The second-order valence-electron chi connectivity index (χ2n) is 5.66. The number of rotatable bonds is 1. The molecule has 0 bridgehead atoms. The zero-order valence-electron chi connectivity index (χ0n) is 11.5. The zero-order valence-corrected chi connectivity index (χ0v) is 13.0. The van der Waals surface area contributed by atoms with Crippen molar-refractivity contribution >= 4 is 40.8 Å². The van der Waals surface area contributed by atoms with E-state index in [0.29, 0.717) is 28.6 Å². The van der Waals surface area contributed by atoms with Gasteiger partial charge in [0.25, 0.3) is 5.91 Å². The van der Waals surface area contributed by atoms with Crippen molar-refractivity contribution in [1.82, 2.24) is 5.32 Å². The normalized spacial score (nSPS) is 21.5. The number of urea groups is 1. The Bertz CT molecular complexity index is 595. The van der Waals surface area contributed by atoms with Crippen LogP contribution in [0.5, 0.6) is 0 Å². The topological polar surface area (TPSA) is 49.4 Å². The number of carbonyl (C=O) groups is 2. The summed E-state index contributed by atoms with van der Waals surface area (Å²) in [6.07, 6.45) is 5.47. The van der Waals surface area contributed by atoms with Gasteiger partial charge in [-0.2, -0.15) is 0 Å². The number of imide groups is 1. The van der Waals surface area contributed by atoms with Crippen LogP contribution < -0.4 is 10.2 Å². The first-order valence-electron chi connectivity index (χ1n) is 7.15. The maximum absolute atomic E-state index is 12.9. The summed E-state index contributed by atoms with van der Waals surface area (Å²) in [5, 5.41) is 3.67. The van der Waals surface area contributed by atoms with Crippen LogP contribution in [0, 0.1) is 0 Å². The van der Waals surface area contributed by atoms with Gasteiger partial charge in [0.1, 0.15) is 5.54 Å². The molecule has 0 aromatic heterocycles. The van der Waals surface area contributed by atoms with Gasteiger partial charge in [0.2, 0.25) is 0 Å². The Morgan fingerprint density at radius 3 is 2.38 bits per heavy atom. The molecule has 3 amide bonds. The zero-order chi connectivity index (χ0) is 15.0. The van der Waals surface area contributed by atoms with E-state index < -0.39 is 11.6 Å². The van der Waals surface area contributed by atoms with Crippen LogP contribution in [0.2, 0.25) is 10.0 Å². The Labute approximate surface area is 133 Å². The first kappa shape index (κ1) is 14.7. The molecule has 4 nitrogen and oxygen atoms in total. The highest BCUT2D eigenvalue weighted by Gasteiger charge is 2.51. The molecule has 3 rings (SSSR count). The van der Waals surface area contributed by atoms with E-state index in [4.69, 9.17) is 23.2 Å². The number of amides is 3. The van der Waals surface area contributed by atoms with Crippen LogP contribution in [-0.4, -0.2) is 17.5 Å². The lowest BCUT2D eigenvalue weighted by molar-refractivity contribution is -0.122. The third-order valence-electron chi connectivity index (χ3n) is 4.27. The maximum atomic E-state index is 12.9. The minimum atomic E-state index is -0.765. The van der Waals surface area contributed by atoms with E-state index in [0.717, 1.165) is 30.6 Å². The lowest BCUT2D eigenvalue weighted by Crippen LogP contribution is -2.46. The number of halogens is 2. The summed E-state index contributed by atoms with van der Waals surface area (Å²) < 4.78 is 0. The lowest BCUT2D eigenvalue weighted by atomic mass is 9.90. The highest BCUT2D eigenvalue weighted by Crippen LogP contribution is 2.38. The number of nitrogens with one attached hydrogen (secondary N) is 1. The second kappa shape index (κ2) is 5.50. The number of nitrogens with zero attached hydrogens (tertiary/aromatic N) is 1. The number of hydrogen-bond donors (Lipinski definition) is 1. The van der Waals surface area contributed by atoms with E-state index in [1.54, 1.807) is 18.2 Å². The molecule has 6 heteroatoms. The summed E-state index contributed by atoms with van der Waals surface area (Å²) >= 11 is 12.1. The molecule has 0 atom stereocenters. The average Bonchev–Trinajstić information content (AvgIpc) is 2.61. The van der Waals surface area contributed by atoms with Gasteiger partial charge in [0, 0.05) is 5.02 Å². The number of anilines is 1. The van der Waals surface area contributed by atoms with Crippen LogP contribution in [0.3, 0.4) is 0 Å². The predicted octanol–water partition coefficient (Wildman–Crippen LogP) is 4.14. The maximum Gasteiger partial charge on any atom is 0.329 e. The Hall–Kier alpha value is -1.26. The van der Waals surface area contributed by atoms with Crippen molar-refractivity contribution in [3.63, 3.8) is 0 Å². The summed E-state index contributed by atoms with van der Waals surface area (Å²) in [4.78, 5) is 26.3. The van der Waals surface area contributed by atoms with Gasteiger partial charge < -0.3 is 5.32 Å². The van der Waals surface area contributed by atoms with E-state index in [1.807, 2.05) is 0 Å². The standard InChI is InChI=1S/C15H16Cl2N2O2/c16-10-5-6-11(17)12(9-10)19-13(20)15(18-14(19)21)7-3-1-2-4-8-15/h5-6,9H,1-4,7-8H2,(H,18,21). The summed E-state index contributed by atoms with van der Waals surface area (Å²) in [7, 11) is 0. The Kier molecular flexibility index (Phi) is 3.84. The van der Waals surface area contributed by atoms with E-state index in [1.165, 1.54) is 0 Å². The molecule has 1 saturated heterocycles. The monoisotopic (exact) mass is 326 g/mol. The number of carbonyl (C=O) groups excluding carboxylic acids is 2. The molecule has 2 fully saturated rings. The molecule has 1 spiro atoms. The van der Waals surface area contributed by atoms with Crippen molar-refractivity contribution in [2.24, 2.45) is 0 Å². The molecule has 1 aromatic rings. The Balaban J connectivity index is 1.99. The van der Waals surface area contributed by atoms with Crippen LogP contribution >= 0.6 is 23.2 Å². The molecule has 1 aromatic carbocycles. The molecular formula is C15H16Cl2N2O2. The molecule has 1 heterocycles. The second-order valence-corrected chi connectivity index (χ2v) is 6.51. The average molecular weight is 327 g/mol. The fraction of sp³-hybridized carbons (Fsp3) is 0.467. The van der Waals surface area contributed by atoms with E-state index >= 15 is 0 Å². The number of hydrogen-bond acceptors (Lipinski definition) is 2. The number of benzene rings is 1. The van der Waals surface area contributed by atoms with Gasteiger partial charge in [0.05, 0.1) is 10.7 Å². The smallest absolute Gasteiger partial charge is 0.323 e. The van der Waals surface area contributed by atoms with Crippen molar-refractivity contribution in [3.05, 3.63) is 28.2 Å². The fourth-order valence-electron chi connectivity index (χ4n) is 3.17. The first-order chi connectivity index (χ1) is 10.0. The molecule has 112 valence electrons. The predicted molar refractivity (Wildman–Crippen MR) is 82.9 cm³/mol. The molecule has 1 N–H and O–H groups in total. The van der Waals surface area contributed by atoms with Crippen molar-refractivity contribution in [3.8, 4) is 0 Å². The van der Waals surface area contributed by atoms with Gasteiger partial charge in [-0.15, -0.1) is 0 Å². The molecule has 0 radical (unpaired) electrons. The van der Waals surface area contributed by atoms with Gasteiger partial charge >= 0.3 is 6.03 Å². The van der Waals surface area contributed by atoms with Crippen LogP contribution in [0.15, 0.2) is 18.2 Å². The van der Waals surface area contributed by atoms with Gasteiger partial charge in [-0.05, 0) is 31.0 Å². The summed E-state index contributed by atoms with van der Waals surface area (Å²) in [5.74, 6) is -0.210. The van der Waals surface area contributed by atoms with Crippen molar-refractivity contribution in [1.29, 1.82) is 0 Å². The van der Waals surface area contributed by atoms with Crippen LogP contribution in [-0.2, 0) is 4.79 Å². The molecule has 21 heavy (non-hydrogen) atoms. The van der Waals surface area contributed by atoms with Crippen LogP contribution in [0.4, 0.5) is 10.5 Å². The van der Waals surface area contributed by atoms with E-state index in [2.05, 4.69) is 5.32 Å². The largest absolute Gasteiger partial charge is 0.329 e. The third kappa shape index (κ3) is 2.51. The lowest BCUT2D eigenvalue weighted by Gasteiger charge is -2.24. The summed E-state index contributed by atoms with van der Waals surface area (Å²) in [5.41, 5.74) is -0.410. The Morgan fingerprint density at radius 1 is 1.05 bits per heavy atom. The van der Waals surface area contributed by atoms with Crippen molar-refractivity contribution < 1.29 is 9.59 Å². The van der Waals surface area contributed by atoms with Crippen LogP contribution in [0.1, 0.15) is 38.5 Å². The molecular weight excluding hydrogens is 311 g/mol. The van der Waals surface area contributed by atoms with E-state index in [9.17, 15) is 9.59 Å². The SMILES string of the molecule is O=C1NC2(CCCCCC2)C(=O)N1c1cc(Cl)ccc1Cl. The summed E-state index contributed by atoms with van der Waals surface area (Å²) in [6, 6.07) is 4.37. The van der Waals surface area contributed by atoms with Crippen molar-refractivity contribution in [2.45, 2.75) is 44.1 Å². The fourth-order valence-corrected chi connectivity index (χ4v) is 3.54. The van der Waals surface area contributed by atoms with Crippen LogP contribution in [0.25, 0.3) is 0 Å². The summed E-state index contributed by atoms with van der Waals surface area (Å²) in [6.45, 7) is 0. The molecule has 1 aliphatic heterocycles. The minimum absolute atomic E-state index is 0.210. The van der Waals surface area contributed by atoms with Gasteiger partial charge in [-0.3, -0.25) is 4.79 Å². The first-order valence-corrected chi connectivity index (χ1v) is 7.91. The molecule has 1 aliphatic carbocycles. The molecule has 1 saturated carbocycles. The van der Waals surface area contributed by atoms with Gasteiger partial charge in [-0.25, -0.2) is 9.69 Å². The highest BCUT2D eigenvalue weighted by molar-refractivity contribution is 6.37. The Morgan fingerprint density at radius 2 is 1.71 bits per heavy atom. The highest BCUT2D eigenvalue weighted by atomic mass is 35.5. The van der Waals surface area contributed by atoms with E-state index in [-0.39, 0.29) is 5.91 Å². The quantitative estimate of drug-likeness (QED) is 0.788. The van der Waals surface area contributed by atoms with Gasteiger partial charge in [-0.1, -0.05) is 48.9 Å². The third-order valence-corrected chi connectivity index (χ3v) is 4.82. The molecule has 0 unspecified atom stereocenters.